The Morgan fingerprint density at radius 3 is 2.76 bits per heavy atom. The van der Waals surface area contributed by atoms with Crippen molar-refractivity contribution in [3.63, 3.8) is 0 Å². The van der Waals surface area contributed by atoms with Crippen LogP contribution in [0.5, 0.6) is 0 Å². The zero-order chi connectivity index (χ0) is 14.1. The highest BCUT2D eigenvalue weighted by Crippen LogP contribution is 2.28. The van der Waals surface area contributed by atoms with Crippen molar-refractivity contribution < 1.29 is 0 Å². The zero-order valence-electron chi connectivity index (χ0n) is 11.2. The first kappa shape index (κ1) is 11.8. The van der Waals surface area contributed by atoms with E-state index in [2.05, 4.69) is 39.6 Å². The average molecular weight is 272 g/mol. The minimum Gasteiger partial charge on any atom is -0.263 e. The van der Waals surface area contributed by atoms with Gasteiger partial charge in [-0.25, -0.2) is 4.68 Å². The van der Waals surface area contributed by atoms with E-state index in [1.54, 1.807) is 10.9 Å². The molecule has 0 amide bonds. The van der Waals surface area contributed by atoms with Crippen molar-refractivity contribution >= 4 is 10.8 Å². The second kappa shape index (κ2) is 4.83. The van der Waals surface area contributed by atoms with E-state index in [9.17, 15) is 0 Å². The van der Waals surface area contributed by atoms with Gasteiger partial charge in [0.05, 0.1) is 18.1 Å². The normalized spacial score (nSPS) is 10.9. The van der Waals surface area contributed by atoms with Gasteiger partial charge in [0.1, 0.15) is 0 Å². The summed E-state index contributed by atoms with van der Waals surface area (Å²) in [7, 11) is 0. The van der Waals surface area contributed by atoms with E-state index < -0.39 is 0 Å². The Morgan fingerprint density at radius 1 is 0.905 bits per heavy atom. The van der Waals surface area contributed by atoms with Gasteiger partial charge in [-0.05, 0) is 23.1 Å². The molecule has 21 heavy (non-hydrogen) atoms. The molecule has 0 saturated heterocycles. The first-order chi connectivity index (χ1) is 10.4. The van der Waals surface area contributed by atoms with Gasteiger partial charge >= 0.3 is 0 Å². The van der Waals surface area contributed by atoms with Crippen LogP contribution in [0.3, 0.4) is 0 Å². The largest absolute Gasteiger partial charge is 0.263 e. The summed E-state index contributed by atoms with van der Waals surface area (Å²) in [5.41, 5.74) is 3.22. The highest BCUT2D eigenvalue weighted by molar-refractivity contribution is 5.95. The molecular weight excluding hydrogens is 260 g/mol. The number of pyridine rings is 1. The Bertz CT molecular complexity index is 892. The topological polar surface area (TPSA) is 43.6 Å². The first-order valence-electron chi connectivity index (χ1n) is 6.72. The van der Waals surface area contributed by atoms with Crippen molar-refractivity contribution in [3.05, 3.63) is 73.3 Å². The summed E-state index contributed by atoms with van der Waals surface area (Å²) in [6.07, 6.45) is 7.30. The van der Waals surface area contributed by atoms with Crippen molar-refractivity contribution in [1.29, 1.82) is 0 Å². The number of hydrogen-bond donors (Lipinski definition) is 0. The number of hydrogen-bond acceptors (Lipinski definition) is 3. The van der Waals surface area contributed by atoms with Crippen molar-refractivity contribution in [2.24, 2.45) is 0 Å². The molecule has 4 rings (SSSR count). The molecular formula is C17H12N4. The Morgan fingerprint density at radius 2 is 1.86 bits per heavy atom. The summed E-state index contributed by atoms with van der Waals surface area (Å²) in [6, 6.07) is 16.5. The number of rotatable bonds is 2. The lowest BCUT2D eigenvalue weighted by atomic mass is 10.0. The van der Waals surface area contributed by atoms with E-state index in [-0.39, 0.29) is 0 Å². The quantitative estimate of drug-likeness (QED) is 0.561. The molecule has 4 heteroatoms. The van der Waals surface area contributed by atoms with Gasteiger partial charge in [-0.2, -0.15) is 0 Å². The van der Waals surface area contributed by atoms with Gasteiger partial charge in [0.15, 0.2) is 0 Å². The maximum Gasteiger partial charge on any atom is 0.0697 e. The molecule has 4 nitrogen and oxygen atoms in total. The fourth-order valence-corrected chi connectivity index (χ4v) is 2.51. The molecule has 0 atom stereocenters. The van der Waals surface area contributed by atoms with E-state index in [1.807, 2.05) is 42.9 Å². The predicted molar refractivity (Wildman–Crippen MR) is 82.1 cm³/mol. The summed E-state index contributed by atoms with van der Waals surface area (Å²) in [5, 5.41) is 10.2. The van der Waals surface area contributed by atoms with Crippen molar-refractivity contribution in [1.82, 2.24) is 20.0 Å². The molecule has 2 aromatic carbocycles. The Labute approximate surface area is 121 Å². The van der Waals surface area contributed by atoms with E-state index in [0.29, 0.717) is 0 Å². The second-order valence-electron chi connectivity index (χ2n) is 4.81. The minimum atomic E-state index is 0.984. The molecule has 0 saturated carbocycles. The van der Waals surface area contributed by atoms with Crippen molar-refractivity contribution in [3.8, 4) is 16.8 Å². The lowest BCUT2D eigenvalue weighted by Crippen LogP contribution is -1.95. The standard InChI is InChI=1S/C17H12N4/c1-2-7-16-14(4-1)11-18-12-17(16)13-5-3-6-15(10-13)21-9-8-19-20-21/h1-12H. The lowest BCUT2D eigenvalue weighted by Gasteiger charge is -2.08. The maximum absolute atomic E-state index is 4.35. The Kier molecular flexibility index (Phi) is 2.71. The number of fused-ring (bicyclic) bond motifs is 1. The van der Waals surface area contributed by atoms with E-state index in [4.69, 9.17) is 0 Å². The van der Waals surface area contributed by atoms with Gasteiger partial charge in [-0.15, -0.1) is 5.10 Å². The average Bonchev–Trinajstić information content (AvgIpc) is 3.09. The van der Waals surface area contributed by atoms with Gasteiger partial charge < -0.3 is 0 Å². The Hall–Kier alpha value is -3.01. The fraction of sp³-hybridized carbons (Fsp3) is 0. The highest BCUT2D eigenvalue weighted by Gasteiger charge is 2.05. The van der Waals surface area contributed by atoms with Gasteiger partial charge in [-0.3, -0.25) is 4.98 Å². The van der Waals surface area contributed by atoms with E-state index in [0.717, 1.165) is 22.2 Å². The highest BCUT2D eigenvalue weighted by atomic mass is 15.4. The maximum atomic E-state index is 4.35. The summed E-state index contributed by atoms with van der Waals surface area (Å²) in [6.45, 7) is 0. The van der Waals surface area contributed by atoms with Crippen LogP contribution in [0.1, 0.15) is 0 Å². The van der Waals surface area contributed by atoms with Gasteiger partial charge in [-0.1, -0.05) is 41.6 Å². The van der Waals surface area contributed by atoms with Crippen LogP contribution in [0.15, 0.2) is 73.3 Å². The summed E-state index contributed by atoms with van der Waals surface area (Å²) < 4.78 is 1.75. The summed E-state index contributed by atoms with van der Waals surface area (Å²) in [4.78, 5) is 4.35. The fourth-order valence-electron chi connectivity index (χ4n) is 2.51. The molecule has 100 valence electrons. The Balaban J connectivity index is 1.91. The zero-order valence-corrected chi connectivity index (χ0v) is 11.2. The number of benzene rings is 2. The molecule has 2 heterocycles. The molecule has 0 aliphatic carbocycles. The van der Waals surface area contributed by atoms with Crippen LogP contribution in [0, 0.1) is 0 Å². The first-order valence-corrected chi connectivity index (χ1v) is 6.72. The lowest BCUT2D eigenvalue weighted by molar-refractivity contribution is 0.803. The smallest absolute Gasteiger partial charge is 0.0697 e. The van der Waals surface area contributed by atoms with E-state index in [1.165, 1.54) is 5.39 Å². The SMILES string of the molecule is c1cc(-c2cncc3ccccc23)cc(-n2ccnn2)c1. The van der Waals surface area contributed by atoms with Crippen LogP contribution >= 0.6 is 0 Å². The van der Waals surface area contributed by atoms with Gasteiger partial charge in [0, 0.05) is 23.3 Å². The van der Waals surface area contributed by atoms with Gasteiger partial charge in [0.2, 0.25) is 0 Å². The van der Waals surface area contributed by atoms with Crippen molar-refractivity contribution in [2.45, 2.75) is 0 Å². The molecule has 0 aliphatic rings. The molecule has 0 unspecified atom stereocenters. The third-order valence-electron chi connectivity index (χ3n) is 3.51. The van der Waals surface area contributed by atoms with Crippen molar-refractivity contribution in [2.75, 3.05) is 0 Å². The molecule has 0 aliphatic heterocycles. The predicted octanol–water partition coefficient (Wildman–Crippen LogP) is 3.48. The van der Waals surface area contributed by atoms with Crippen LogP contribution in [0.2, 0.25) is 0 Å². The molecule has 0 fully saturated rings. The monoisotopic (exact) mass is 272 g/mol. The van der Waals surface area contributed by atoms with Crippen LogP contribution in [-0.2, 0) is 0 Å². The summed E-state index contributed by atoms with van der Waals surface area (Å²) in [5.74, 6) is 0. The van der Waals surface area contributed by atoms with Gasteiger partial charge in [0.25, 0.3) is 0 Å². The van der Waals surface area contributed by atoms with E-state index >= 15 is 0 Å². The van der Waals surface area contributed by atoms with Crippen LogP contribution in [0.4, 0.5) is 0 Å². The number of nitrogens with zero attached hydrogens (tertiary/aromatic N) is 4. The molecule has 2 aromatic heterocycles. The van der Waals surface area contributed by atoms with Crippen LogP contribution in [-0.4, -0.2) is 20.0 Å². The molecule has 4 aromatic rings. The third-order valence-corrected chi connectivity index (χ3v) is 3.51. The number of aromatic nitrogens is 4. The van der Waals surface area contributed by atoms with Crippen LogP contribution in [0.25, 0.3) is 27.6 Å². The molecule has 0 N–H and O–H groups in total. The molecule has 0 radical (unpaired) electrons. The molecule has 0 bridgehead atoms. The minimum absolute atomic E-state index is 0.984. The van der Waals surface area contributed by atoms with Crippen LogP contribution < -0.4 is 0 Å². The second-order valence-corrected chi connectivity index (χ2v) is 4.81. The summed E-state index contributed by atoms with van der Waals surface area (Å²) >= 11 is 0. The third kappa shape index (κ3) is 2.07. The molecule has 0 spiro atoms.